The Morgan fingerprint density at radius 3 is 2.45 bits per heavy atom. The predicted octanol–water partition coefficient (Wildman–Crippen LogP) is 3.13. The Bertz CT molecular complexity index is 982. The summed E-state index contributed by atoms with van der Waals surface area (Å²) in [7, 11) is 1.55. The molecule has 0 spiro atoms. The molecular formula is C21H21N3O5. The third-order valence-electron chi connectivity index (χ3n) is 4.55. The van der Waals surface area contributed by atoms with E-state index in [4.69, 9.17) is 4.74 Å². The number of nitro groups is 1. The summed E-state index contributed by atoms with van der Waals surface area (Å²) in [6.45, 7) is 2.57. The zero-order chi connectivity index (χ0) is 21.0. The Kier molecular flexibility index (Phi) is 6.04. The Balaban J connectivity index is 2.00. The molecule has 1 heterocycles. The molecule has 2 aromatic rings. The highest BCUT2D eigenvalue weighted by Crippen LogP contribution is 2.31. The molecule has 0 unspecified atom stereocenters. The summed E-state index contributed by atoms with van der Waals surface area (Å²) in [6, 6.07) is 13.0. The number of carbonyl (C=O) groups is 2. The Hall–Kier alpha value is -3.52. The number of imide groups is 1. The van der Waals surface area contributed by atoms with Gasteiger partial charge in [0.25, 0.3) is 17.5 Å². The quantitative estimate of drug-likeness (QED) is 0.319. The normalized spacial score (nSPS) is 13.9. The van der Waals surface area contributed by atoms with Crippen LogP contribution in [-0.4, -0.2) is 41.9 Å². The molecule has 29 heavy (non-hydrogen) atoms. The van der Waals surface area contributed by atoms with Crippen molar-refractivity contribution in [1.82, 2.24) is 4.90 Å². The zero-order valence-corrected chi connectivity index (χ0v) is 16.2. The molecular weight excluding hydrogens is 374 g/mol. The fourth-order valence-corrected chi connectivity index (χ4v) is 3.15. The van der Waals surface area contributed by atoms with Gasteiger partial charge in [-0.3, -0.25) is 24.6 Å². The van der Waals surface area contributed by atoms with E-state index < -0.39 is 16.7 Å². The van der Waals surface area contributed by atoms with E-state index >= 15 is 0 Å². The van der Waals surface area contributed by atoms with E-state index in [-0.39, 0.29) is 23.5 Å². The molecule has 1 N–H and O–H groups in total. The molecule has 2 aromatic carbocycles. The molecule has 1 aliphatic heterocycles. The van der Waals surface area contributed by atoms with Gasteiger partial charge in [-0.05, 0) is 48.7 Å². The molecule has 0 bridgehead atoms. The summed E-state index contributed by atoms with van der Waals surface area (Å²) >= 11 is 0. The van der Waals surface area contributed by atoms with Crippen LogP contribution >= 0.6 is 0 Å². The lowest BCUT2D eigenvalue weighted by Crippen LogP contribution is -2.33. The van der Waals surface area contributed by atoms with Gasteiger partial charge in [0.1, 0.15) is 5.70 Å². The number of non-ortho nitro benzene ring substituents is 1. The number of aryl methyl sites for hydroxylation is 1. The molecule has 8 nitrogen and oxygen atoms in total. The maximum absolute atomic E-state index is 13.0. The van der Waals surface area contributed by atoms with E-state index in [2.05, 4.69) is 5.32 Å². The van der Waals surface area contributed by atoms with Crippen molar-refractivity contribution in [2.24, 2.45) is 0 Å². The second kappa shape index (κ2) is 8.66. The third kappa shape index (κ3) is 4.33. The number of amides is 2. The lowest BCUT2D eigenvalue weighted by molar-refractivity contribution is -0.384. The maximum Gasteiger partial charge on any atom is 0.278 e. The summed E-state index contributed by atoms with van der Waals surface area (Å²) < 4.78 is 5.01. The predicted molar refractivity (Wildman–Crippen MR) is 108 cm³/mol. The van der Waals surface area contributed by atoms with Crippen LogP contribution in [0.4, 0.5) is 11.4 Å². The minimum Gasteiger partial charge on any atom is -0.385 e. The van der Waals surface area contributed by atoms with Crippen LogP contribution in [0, 0.1) is 17.0 Å². The number of hydrogen-bond donors (Lipinski definition) is 1. The first-order valence-corrected chi connectivity index (χ1v) is 9.10. The average Bonchev–Trinajstić information content (AvgIpc) is 2.92. The van der Waals surface area contributed by atoms with E-state index in [1.165, 1.54) is 29.2 Å². The van der Waals surface area contributed by atoms with E-state index in [0.29, 0.717) is 24.3 Å². The van der Waals surface area contributed by atoms with Crippen LogP contribution < -0.4 is 5.32 Å². The highest BCUT2D eigenvalue weighted by atomic mass is 16.6. The fraction of sp³-hybridized carbons (Fsp3) is 0.238. The van der Waals surface area contributed by atoms with Gasteiger partial charge in [-0.2, -0.15) is 0 Å². The largest absolute Gasteiger partial charge is 0.385 e. The van der Waals surface area contributed by atoms with Gasteiger partial charge in [-0.15, -0.1) is 0 Å². The topological polar surface area (TPSA) is 102 Å². The van der Waals surface area contributed by atoms with E-state index in [0.717, 1.165) is 5.56 Å². The number of nitrogens with one attached hydrogen (secondary N) is 1. The monoisotopic (exact) mass is 395 g/mol. The molecule has 0 fully saturated rings. The highest BCUT2D eigenvalue weighted by molar-refractivity contribution is 6.36. The fourth-order valence-electron chi connectivity index (χ4n) is 3.15. The molecule has 3 rings (SSSR count). The standard InChI is InChI=1S/C21H21N3O5/c1-14-5-3-6-16(13-14)22-19-18(15-7-9-17(10-8-15)24(27)28)20(25)23(21(19)26)11-4-12-29-2/h3,5-10,13,22H,4,11-12H2,1-2H3. The van der Waals surface area contributed by atoms with Gasteiger partial charge in [0.15, 0.2) is 0 Å². The van der Waals surface area contributed by atoms with Crippen LogP contribution in [0.25, 0.3) is 5.57 Å². The number of nitro benzene ring substituents is 1. The molecule has 0 radical (unpaired) electrons. The molecule has 0 saturated heterocycles. The number of benzene rings is 2. The van der Waals surface area contributed by atoms with Crippen LogP contribution in [0.2, 0.25) is 0 Å². The second-order valence-electron chi connectivity index (χ2n) is 6.66. The third-order valence-corrected chi connectivity index (χ3v) is 4.55. The first kappa shape index (κ1) is 20.2. The molecule has 0 saturated carbocycles. The average molecular weight is 395 g/mol. The van der Waals surface area contributed by atoms with Crippen LogP contribution in [-0.2, 0) is 14.3 Å². The van der Waals surface area contributed by atoms with E-state index in [1.807, 2.05) is 25.1 Å². The summed E-state index contributed by atoms with van der Waals surface area (Å²) in [5.74, 6) is -0.865. The van der Waals surface area contributed by atoms with Gasteiger partial charge >= 0.3 is 0 Å². The van der Waals surface area contributed by atoms with Crippen molar-refractivity contribution >= 4 is 28.8 Å². The van der Waals surface area contributed by atoms with Gasteiger partial charge in [0, 0.05) is 38.1 Å². The molecule has 0 aromatic heterocycles. The highest BCUT2D eigenvalue weighted by Gasteiger charge is 2.39. The van der Waals surface area contributed by atoms with Gasteiger partial charge in [0.05, 0.1) is 10.5 Å². The summed E-state index contributed by atoms with van der Waals surface area (Å²) in [6.07, 6.45) is 0.513. The van der Waals surface area contributed by atoms with Crippen molar-refractivity contribution in [2.45, 2.75) is 13.3 Å². The molecule has 2 amide bonds. The van der Waals surface area contributed by atoms with Crippen molar-refractivity contribution in [1.29, 1.82) is 0 Å². The van der Waals surface area contributed by atoms with Crippen molar-refractivity contribution < 1.29 is 19.2 Å². The minimum absolute atomic E-state index is 0.0868. The summed E-state index contributed by atoms with van der Waals surface area (Å²) in [5, 5.41) is 14.0. The zero-order valence-electron chi connectivity index (χ0n) is 16.2. The first-order valence-electron chi connectivity index (χ1n) is 9.10. The number of hydrogen-bond acceptors (Lipinski definition) is 6. The second-order valence-corrected chi connectivity index (χ2v) is 6.66. The smallest absolute Gasteiger partial charge is 0.278 e. The van der Waals surface area contributed by atoms with Crippen LogP contribution in [0.3, 0.4) is 0 Å². The van der Waals surface area contributed by atoms with Crippen LogP contribution in [0.15, 0.2) is 54.2 Å². The van der Waals surface area contributed by atoms with E-state index in [1.54, 1.807) is 13.2 Å². The van der Waals surface area contributed by atoms with E-state index in [9.17, 15) is 19.7 Å². The lowest BCUT2D eigenvalue weighted by Gasteiger charge is -2.15. The summed E-state index contributed by atoms with van der Waals surface area (Å²) in [5.41, 5.74) is 2.39. The SMILES string of the molecule is COCCCN1C(=O)C(Nc2cccc(C)c2)=C(c2ccc([N+](=O)[O-])cc2)C1=O. The van der Waals surface area contributed by atoms with Crippen molar-refractivity contribution in [2.75, 3.05) is 25.6 Å². The molecule has 0 atom stereocenters. The van der Waals surface area contributed by atoms with Gasteiger partial charge in [0.2, 0.25) is 0 Å². The Morgan fingerprint density at radius 1 is 1.10 bits per heavy atom. The molecule has 150 valence electrons. The minimum atomic E-state index is -0.511. The van der Waals surface area contributed by atoms with Crippen LogP contribution in [0.1, 0.15) is 17.5 Å². The van der Waals surface area contributed by atoms with Crippen molar-refractivity contribution in [3.8, 4) is 0 Å². The number of ether oxygens (including phenoxy) is 1. The van der Waals surface area contributed by atoms with Crippen LogP contribution in [0.5, 0.6) is 0 Å². The molecule has 1 aliphatic rings. The number of anilines is 1. The molecule has 8 heteroatoms. The van der Waals surface area contributed by atoms with Crippen molar-refractivity contribution in [3.63, 3.8) is 0 Å². The Labute approximate surface area is 167 Å². The lowest BCUT2D eigenvalue weighted by atomic mass is 10.0. The number of carbonyl (C=O) groups excluding carboxylic acids is 2. The first-order chi connectivity index (χ1) is 13.9. The van der Waals surface area contributed by atoms with Gasteiger partial charge in [-0.25, -0.2) is 0 Å². The summed E-state index contributed by atoms with van der Waals surface area (Å²) in [4.78, 5) is 37.6. The van der Waals surface area contributed by atoms with Gasteiger partial charge in [-0.1, -0.05) is 12.1 Å². The maximum atomic E-state index is 13.0. The Morgan fingerprint density at radius 2 is 1.83 bits per heavy atom. The number of rotatable bonds is 8. The van der Waals surface area contributed by atoms with Gasteiger partial charge < -0.3 is 10.1 Å². The number of nitrogens with zero attached hydrogens (tertiary/aromatic N) is 2. The van der Waals surface area contributed by atoms with Crippen molar-refractivity contribution in [3.05, 3.63) is 75.5 Å². The molecule has 0 aliphatic carbocycles. The number of methoxy groups -OCH3 is 1.